The molecule has 0 unspecified atom stereocenters. The Morgan fingerprint density at radius 2 is 1.86 bits per heavy atom. The maximum absolute atomic E-state index is 12.3. The number of hydrogen-bond donors (Lipinski definition) is 1. The summed E-state index contributed by atoms with van der Waals surface area (Å²) in [4.78, 5) is 33.5. The number of benzene rings is 2. The van der Waals surface area contributed by atoms with Gasteiger partial charge < -0.3 is 14.8 Å². The molecule has 9 heteroatoms. The number of esters is 1. The molecule has 0 radical (unpaired) electrons. The van der Waals surface area contributed by atoms with Crippen LogP contribution in [0.25, 0.3) is 6.08 Å². The third-order valence-corrected chi connectivity index (χ3v) is 3.45. The van der Waals surface area contributed by atoms with Crippen molar-refractivity contribution in [1.82, 2.24) is 0 Å². The minimum absolute atomic E-state index is 0.117. The molecule has 1 N–H and O–H groups in total. The van der Waals surface area contributed by atoms with E-state index in [2.05, 4.69) is 5.32 Å². The van der Waals surface area contributed by atoms with Crippen molar-refractivity contribution in [3.8, 4) is 17.6 Å². The second kappa shape index (κ2) is 8.95. The minimum atomic E-state index is -0.681. The number of carbonyl (C=O) groups is 2. The van der Waals surface area contributed by atoms with E-state index in [9.17, 15) is 25.0 Å². The summed E-state index contributed by atoms with van der Waals surface area (Å²) in [6.45, 7) is 1.25. The van der Waals surface area contributed by atoms with Gasteiger partial charge in [0.05, 0.1) is 12.0 Å². The molecule has 0 aromatic heterocycles. The average molecular weight is 381 g/mol. The van der Waals surface area contributed by atoms with Crippen LogP contribution in [0.2, 0.25) is 0 Å². The number of rotatable bonds is 6. The highest BCUT2D eigenvalue weighted by atomic mass is 16.6. The molecule has 9 nitrogen and oxygen atoms in total. The fourth-order valence-corrected chi connectivity index (χ4v) is 2.19. The lowest BCUT2D eigenvalue weighted by molar-refractivity contribution is -0.384. The van der Waals surface area contributed by atoms with Crippen molar-refractivity contribution in [1.29, 1.82) is 5.26 Å². The van der Waals surface area contributed by atoms with Crippen molar-refractivity contribution in [2.45, 2.75) is 6.92 Å². The molecule has 2 aromatic carbocycles. The summed E-state index contributed by atoms with van der Waals surface area (Å²) in [7, 11) is 1.39. The predicted molar refractivity (Wildman–Crippen MR) is 99.6 cm³/mol. The molecule has 0 aliphatic carbocycles. The molecule has 0 aliphatic heterocycles. The number of methoxy groups -OCH3 is 1. The normalized spacial score (nSPS) is 10.5. The zero-order valence-electron chi connectivity index (χ0n) is 15.0. The van der Waals surface area contributed by atoms with Crippen molar-refractivity contribution in [2.75, 3.05) is 12.4 Å². The van der Waals surface area contributed by atoms with Gasteiger partial charge in [0.2, 0.25) is 0 Å². The molecule has 142 valence electrons. The van der Waals surface area contributed by atoms with Crippen molar-refractivity contribution < 1.29 is 24.0 Å². The molecule has 0 bridgehead atoms. The zero-order chi connectivity index (χ0) is 20.7. The SMILES string of the molecule is COc1cc(/C=C(\C#N)C(=O)Nc2ccc([N+](=O)[O-])cc2)ccc1OC(C)=O. The average Bonchev–Trinajstić information content (AvgIpc) is 2.66. The number of non-ortho nitro benzene ring substituents is 1. The number of hydrogen-bond acceptors (Lipinski definition) is 7. The van der Waals surface area contributed by atoms with Gasteiger partial charge in [0.1, 0.15) is 11.6 Å². The highest BCUT2D eigenvalue weighted by Gasteiger charge is 2.13. The van der Waals surface area contributed by atoms with Crippen molar-refractivity contribution >= 4 is 29.3 Å². The van der Waals surface area contributed by atoms with Crippen LogP contribution in [-0.4, -0.2) is 23.9 Å². The van der Waals surface area contributed by atoms with Crippen LogP contribution in [0.5, 0.6) is 11.5 Å². The third-order valence-electron chi connectivity index (χ3n) is 3.45. The Morgan fingerprint density at radius 3 is 2.39 bits per heavy atom. The molecule has 0 aliphatic rings. The Bertz CT molecular complexity index is 990. The molecule has 0 saturated heterocycles. The lowest BCUT2D eigenvalue weighted by Gasteiger charge is -2.09. The quantitative estimate of drug-likeness (QED) is 0.203. The first-order valence-corrected chi connectivity index (χ1v) is 7.88. The maximum atomic E-state index is 12.3. The molecule has 2 rings (SSSR count). The second-order valence-corrected chi connectivity index (χ2v) is 5.43. The molecule has 0 spiro atoms. The van der Waals surface area contributed by atoms with Gasteiger partial charge in [-0.25, -0.2) is 0 Å². The molecule has 0 heterocycles. The molecule has 2 aromatic rings. The lowest BCUT2D eigenvalue weighted by Crippen LogP contribution is -2.13. The fourth-order valence-electron chi connectivity index (χ4n) is 2.19. The van der Waals surface area contributed by atoms with E-state index in [4.69, 9.17) is 9.47 Å². The summed E-state index contributed by atoms with van der Waals surface area (Å²) in [6.07, 6.45) is 1.33. The minimum Gasteiger partial charge on any atom is -0.493 e. The van der Waals surface area contributed by atoms with E-state index in [1.165, 1.54) is 56.5 Å². The number of nitrogens with one attached hydrogen (secondary N) is 1. The van der Waals surface area contributed by atoms with E-state index in [0.717, 1.165) is 0 Å². The topological polar surface area (TPSA) is 132 Å². The summed E-state index contributed by atoms with van der Waals surface area (Å²) in [6, 6.07) is 11.5. The van der Waals surface area contributed by atoms with E-state index in [1.807, 2.05) is 0 Å². The lowest BCUT2D eigenvalue weighted by atomic mass is 10.1. The Labute approximate surface area is 159 Å². The summed E-state index contributed by atoms with van der Waals surface area (Å²) in [5.41, 5.74) is 0.470. The maximum Gasteiger partial charge on any atom is 0.308 e. The van der Waals surface area contributed by atoms with E-state index in [1.54, 1.807) is 12.1 Å². The van der Waals surface area contributed by atoms with Gasteiger partial charge in [-0.1, -0.05) is 6.07 Å². The summed E-state index contributed by atoms with van der Waals surface area (Å²) in [5.74, 6) is -0.723. The first kappa shape index (κ1) is 20.1. The van der Waals surface area contributed by atoms with Crippen LogP contribution in [0.3, 0.4) is 0 Å². The number of ether oxygens (including phenoxy) is 2. The third kappa shape index (κ3) is 5.15. The van der Waals surface area contributed by atoms with Gasteiger partial charge in [-0.3, -0.25) is 19.7 Å². The van der Waals surface area contributed by atoms with Crippen molar-refractivity contribution in [3.05, 3.63) is 63.7 Å². The summed E-state index contributed by atoms with van der Waals surface area (Å²) in [5, 5.41) is 22.4. The van der Waals surface area contributed by atoms with E-state index in [-0.39, 0.29) is 22.8 Å². The van der Waals surface area contributed by atoms with Crippen LogP contribution in [0, 0.1) is 21.4 Å². The predicted octanol–water partition coefficient (Wildman–Crippen LogP) is 3.07. The van der Waals surface area contributed by atoms with Gasteiger partial charge in [0, 0.05) is 24.7 Å². The molecule has 0 saturated carbocycles. The standard InChI is InChI=1S/C19H15N3O6/c1-12(23)28-17-8-3-13(10-18(17)27-2)9-14(11-20)19(24)21-15-4-6-16(7-5-15)22(25)26/h3-10H,1-2H3,(H,21,24)/b14-9+. The number of nitro groups is 1. The van der Waals surface area contributed by atoms with Gasteiger partial charge in [-0.15, -0.1) is 0 Å². The molecule has 28 heavy (non-hydrogen) atoms. The Hall–Kier alpha value is -4.19. The van der Waals surface area contributed by atoms with Crippen LogP contribution in [0.1, 0.15) is 12.5 Å². The zero-order valence-corrected chi connectivity index (χ0v) is 15.0. The second-order valence-electron chi connectivity index (χ2n) is 5.43. The molecular weight excluding hydrogens is 366 g/mol. The Morgan fingerprint density at radius 1 is 1.18 bits per heavy atom. The first-order chi connectivity index (χ1) is 13.3. The molecule has 1 amide bonds. The smallest absolute Gasteiger partial charge is 0.308 e. The number of anilines is 1. The summed E-state index contributed by atoms with van der Waals surface area (Å²) >= 11 is 0. The van der Waals surface area contributed by atoms with Gasteiger partial charge in [-0.05, 0) is 35.9 Å². The van der Waals surface area contributed by atoms with Crippen molar-refractivity contribution in [2.24, 2.45) is 0 Å². The van der Waals surface area contributed by atoms with Gasteiger partial charge >= 0.3 is 5.97 Å². The van der Waals surface area contributed by atoms with Crippen molar-refractivity contribution in [3.63, 3.8) is 0 Å². The van der Waals surface area contributed by atoms with Crippen LogP contribution >= 0.6 is 0 Å². The summed E-state index contributed by atoms with van der Waals surface area (Å²) < 4.78 is 10.1. The van der Waals surface area contributed by atoms with Crippen LogP contribution in [-0.2, 0) is 9.59 Å². The van der Waals surface area contributed by atoms with Crippen LogP contribution in [0.4, 0.5) is 11.4 Å². The monoisotopic (exact) mass is 381 g/mol. The van der Waals surface area contributed by atoms with E-state index < -0.39 is 16.8 Å². The number of amides is 1. The van der Waals surface area contributed by atoms with E-state index >= 15 is 0 Å². The van der Waals surface area contributed by atoms with Gasteiger partial charge in [-0.2, -0.15) is 5.26 Å². The first-order valence-electron chi connectivity index (χ1n) is 7.88. The number of nitrogens with zero attached hydrogens (tertiary/aromatic N) is 2. The largest absolute Gasteiger partial charge is 0.493 e. The van der Waals surface area contributed by atoms with Gasteiger partial charge in [0.15, 0.2) is 11.5 Å². The highest BCUT2D eigenvalue weighted by molar-refractivity contribution is 6.09. The Kier molecular flexibility index (Phi) is 6.44. The van der Waals surface area contributed by atoms with Crippen LogP contribution in [0.15, 0.2) is 48.0 Å². The number of nitriles is 1. The number of nitro benzene ring substituents is 1. The molecular formula is C19H15N3O6. The molecule has 0 atom stereocenters. The molecule has 0 fully saturated rings. The Balaban J connectivity index is 2.22. The highest BCUT2D eigenvalue weighted by Crippen LogP contribution is 2.29. The fraction of sp³-hybridized carbons (Fsp3) is 0.105. The van der Waals surface area contributed by atoms with Gasteiger partial charge in [0.25, 0.3) is 11.6 Å². The van der Waals surface area contributed by atoms with E-state index in [0.29, 0.717) is 11.3 Å². The van der Waals surface area contributed by atoms with Crippen LogP contribution < -0.4 is 14.8 Å². The number of carbonyl (C=O) groups excluding carboxylic acids is 2.